The number of hydrogen-bond acceptors (Lipinski definition) is 4. The van der Waals surface area contributed by atoms with Crippen molar-refractivity contribution in [1.82, 2.24) is 14.5 Å². The lowest BCUT2D eigenvalue weighted by Gasteiger charge is -2.36. The molecule has 29 heavy (non-hydrogen) atoms. The molecule has 1 heterocycles. The van der Waals surface area contributed by atoms with E-state index in [0.29, 0.717) is 40.4 Å². The average molecular weight is 412 g/mol. The van der Waals surface area contributed by atoms with Crippen LogP contribution < -0.4 is 5.56 Å². The maximum atomic E-state index is 13.2. The van der Waals surface area contributed by atoms with E-state index >= 15 is 0 Å². The van der Waals surface area contributed by atoms with Gasteiger partial charge in [-0.05, 0) is 56.6 Å². The summed E-state index contributed by atoms with van der Waals surface area (Å²) in [7, 11) is 0. The summed E-state index contributed by atoms with van der Waals surface area (Å²) < 4.78 is 1.62. The Morgan fingerprint density at radius 1 is 1.21 bits per heavy atom. The van der Waals surface area contributed by atoms with Crippen molar-refractivity contribution >= 4 is 28.6 Å². The van der Waals surface area contributed by atoms with Gasteiger partial charge in [0.05, 0.1) is 16.7 Å². The Balaban J connectivity index is 1.53. The van der Waals surface area contributed by atoms with E-state index in [1.165, 1.54) is 24.6 Å². The van der Waals surface area contributed by atoms with Gasteiger partial charge in [-0.15, -0.1) is 6.58 Å². The molecule has 154 valence electrons. The molecular formula is C23H29N3O2S. The number of allylic oxidation sites excluding steroid dienone is 1. The number of aromatic nitrogens is 2. The van der Waals surface area contributed by atoms with Crippen molar-refractivity contribution in [2.45, 2.75) is 69.2 Å². The maximum Gasteiger partial charge on any atom is 0.262 e. The van der Waals surface area contributed by atoms with Crippen molar-refractivity contribution in [2.24, 2.45) is 5.92 Å². The Bertz CT molecular complexity index is 958. The number of benzene rings is 1. The highest BCUT2D eigenvalue weighted by molar-refractivity contribution is 7.99. The molecule has 0 spiro atoms. The number of amides is 1. The third-order valence-corrected chi connectivity index (χ3v) is 7.03. The van der Waals surface area contributed by atoms with Crippen LogP contribution in [0.1, 0.15) is 45.4 Å². The Labute approximate surface area is 176 Å². The van der Waals surface area contributed by atoms with Gasteiger partial charge in [0, 0.05) is 18.6 Å². The number of nitrogens with zero attached hydrogens (tertiary/aromatic N) is 3. The van der Waals surface area contributed by atoms with E-state index in [-0.39, 0.29) is 11.5 Å². The summed E-state index contributed by atoms with van der Waals surface area (Å²) in [6, 6.07) is 8.17. The van der Waals surface area contributed by atoms with Gasteiger partial charge in [-0.2, -0.15) is 0 Å². The molecule has 2 aromatic rings. The van der Waals surface area contributed by atoms with Gasteiger partial charge in [0.15, 0.2) is 5.16 Å². The Hall–Kier alpha value is -2.08. The minimum atomic E-state index is -0.0780. The third kappa shape index (κ3) is 4.42. The second kappa shape index (κ2) is 8.74. The molecule has 0 aliphatic heterocycles. The molecule has 1 amide bonds. The zero-order chi connectivity index (χ0) is 20.4. The summed E-state index contributed by atoms with van der Waals surface area (Å²) in [6.07, 6.45) is 8.59. The van der Waals surface area contributed by atoms with Gasteiger partial charge in [-0.1, -0.05) is 36.9 Å². The highest BCUT2D eigenvalue weighted by atomic mass is 32.2. The van der Waals surface area contributed by atoms with Gasteiger partial charge < -0.3 is 4.90 Å². The summed E-state index contributed by atoms with van der Waals surface area (Å²) in [5, 5.41) is 1.19. The Morgan fingerprint density at radius 3 is 2.52 bits per heavy atom. The summed E-state index contributed by atoms with van der Waals surface area (Å²) in [5.41, 5.74) is 0.596. The summed E-state index contributed by atoms with van der Waals surface area (Å²) in [4.78, 5) is 32.9. The number of rotatable bonds is 7. The van der Waals surface area contributed by atoms with Crippen LogP contribution in [0.2, 0.25) is 0 Å². The van der Waals surface area contributed by atoms with Gasteiger partial charge in [0.1, 0.15) is 0 Å². The zero-order valence-corrected chi connectivity index (χ0v) is 17.9. The minimum Gasteiger partial charge on any atom is -0.336 e. The van der Waals surface area contributed by atoms with Crippen LogP contribution in [-0.2, 0) is 11.3 Å². The van der Waals surface area contributed by atoms with Gasteiger partial charge in [-0.25, -0.2) is 4.98 Å². The van der Waals surface area contributed by atoms with Crippen LogP contribution in [0, 0.1) is 5.92 Å². The second-order valence-corrected chi connectivity index (χ2v) is 9.29. The highest BCUT2D eigenvalue weighted by Crippen LogP contribution is 2.36. The lowest BCUT2D eigenvalue weighted by Crippen LogP contribution is -2.44. The first kappa shape index (κ1) is 20.2. The number of thioether (sulfide) groups is 1. The van der Waals surface area contributed by atoms with Crippen molar-refractivity contribution in [1.29, 1.82) is 0 Å². The van der Waals surface area contributed by atoms with Gasteiger partial charge in [-0.3, -0.25) is 14.2 Å². The lowest BCUT2D eigenvalue weighted by molar-refractivity contribution is -0.132. The molecule has 2 aliphatic rings. The molecule has 0 radical (unpaired) electrons. The predicted molar refractivity (Wildman–Crippen MR) is 118 cm³/mol. The fourth-order valence-electron chi connectivity index (χ4n) is 4.33. The van der Waals surface area contributed by atoms with Crippen molar-refractivity contribution in [3.8, 4) is 0 Å². The average Bonchev–Trinajstić information content (AvgIpc) is 3.55. The Kier molecular flexibility index (Phi) is 6.09. The molecule has 4 rings (SSSR count). The topological polar surface area (TPSA) is 55.2 Å². The van der Waals surface area contributed by atoms with Crippen LogP contribution in [0.4, 0.5) is 0 Å². The molecule has 2 fully saturated rings. The summed E-state index contributed by atoms with van der Waals surface area (Å²) in [6.45, 7) is 6.46. The van der Waals surface area contributed by atoms with Crippen LogP contribution in [0.15, 0.2) is 46.9 Å². The van der Waals surface area contributed by atoms with Crippen LogP contribution in [-0.4, -0.2) is 38.2 Å². The molecule has 6 heteroatoms. The van der Waals surface area contributed by atoms with Crippen molar-refractivity contribution in [3.63, 3.8) is 0 Å². The second-order valence-electron chi connectivity index (χ2n) is 8.35. The van der Waals surface area contributed by atoms with E-state index in [1.54, 1.807) is 16.7 Å². The number of fused-ring (bicyclic) bond motifs is 1. The fraction of sp³-hybridized carbons (Fsp3) is 0.522. The van der Waals surface area contributed by atoms with Crippen LogP contribution in [0.3, 0.4) is 0 Å². The zero-order valence-electron chi connectivity index (χ0n) is 17.0. The van der Waals surface area contributed by atoms with Crippen LogP contribution >= 0.6 is 11.8 Å². The van der Waals surface area contributed by atoms with E-state index in [0.717, 1.165) is 31.6 Å². The molecular weight excluding hydrogens is 382 g/mol. The predicted octanol–water partition coefficient (Wildman–Crippen LogP) is 4.24. The quantitative estimate of drug-likeness (QED) is 0.388. The monoisotopic (exact) mass is 411 g/mol. The number of hydrogen-bond donors (Lipinski definition) is 0. The molecule has 0 N–H and O–H groups in total. The molecule has 0 saturated heterocycles. The number of carbonyl (C=O) groups excluding carboxylic acids is 1. The molecule has 1 aromatic carbocycles. The van der Waals surface area contributed by atoms with Gasteiger partial charge in [0.25, 0.3) is 5.56 Å². The third-order valence-electron chi connectivity index (χ3n) is 6.07. The molecule has 2 saturated carbocycles. The van der Waals surface area contributed by atoms with Crippen LogP contribution in [0.25, 0.3) is 10.9 Å². The molecule has 0 unspecified atom stereocenters. The lowest BCUT2D eigenvalue weighted by atomic mass is 9.86. The molecule has 0 atom stereocenters. The highest BCUT2D eigenvalue weighted by Gasteiger charge is 2.38. The van der Waals surface area contributed by atoms with Crippen LogP contribution in [0.5, 0.6) is 0 Å². The minimum absolute atomic E-state index is 0.0780. The van der Waals surface area contributed by atoms with E-state index in [9.17, 15) is 9.59 Å². The Morgan fingerprint density at radius 2 is 1.86 bits per heavy atom. The summed E-state index contributed by atoms with van der Waals surface area (Å²) >= 11 is 1.38. The van der Waals surface area contributed by atoms with Gasteiger partial charge >= 0.3 is 0 Å². The normalized spacial score (nSPS) is 21.8. The molecule has 1 aromatic heterocycles. The standard InChI is InChI=1S/C23H29N3O2S/c1-3-14-25-22(28)19-6-4-5-7-20(19)24-23(25)29-15-21(27)26(18-12-13-18)17-10-8-16(2)9-11-17/h3-7,16-18H,1,8-15H2,2H3. The van der Waals surface area contributed by atoms with Gasteiger partial charge in [0.2, 0.25) is 5.91 Å². The maximum absolute atomic E-state index is 13.2. The molecule has 5 nitrogen and oxygen atoms in total. The first-order valence-corrected chi connectivity index (χ1v) is 11.6. The van der Waals surface area contributed by atoms with Crippen molar-refractivity contribution in [3.05, 3.63) is 47.3 Å². The van der Waals surface area contributed by atoms with E-state index in [4.69, 9.17) is 0 Å². The van der Waals surface area contributed by atoms with Crippen molar-refractivity contribution in [2.75, 3.05) is 5.75 Å². The summed E-state index contributed by atoms with van der Waals surface area (Å²) in [5.74, 6) is 1.28. The molecule has 2 aliphatic carbocycles. The fourth-order valence-corrected chi connectivity index (χ4v) is 5.21. The largest absolute Gasteiger partial charge is 0.336 e. The SMILES string of the molecule is C=CCn1c(SCC(=O)N(C2CCC(C)CC2)C2CC2)nc2ccccc2c1=O. The van der Waals surface area contributed by atoms with E-state index in [2.05, 4.69) is 23.4 Å². The first-order valence-electron chi connectivity index (χ1n) is 10.6. The van der Waals surface area contributed by atoms with E-state index < -0.39 is 0 Å². The first-order chi connectivity index (χ1) is 14.1. The van der Waals surface area contributed by atoms with E-state index in [1.807, 2.05) is 18.2 Å². The smallest absolute Gasteiger partial charge is 0.262 e. The number of carbonyl (C=O) groups is 1. The molecule has 0 bridgehead atoms. The van der Waals surface area contributed by atoms with Crippen molar-refractivity contribution < 1.29 is 4.79 Å². The number of para-hydroxylation sites is 1.